The van der Waals surface area contributed by atoms with Crippen LogP contribution in [-0.4, -0.2) is 27.1 Å². The minimum atomic E-state index is -1.68. The normalized spacial score (nSPS) is 12.3. The van der Waals surface area contributed by atoms with Crippen LogP contribution in [0.2, 0.25) is 0 Å². The third-order valence-corrected chi connectivity index (χ3v) is 6.13. The van der Waals surface area contributed by atoms with Crippen LogP contribution in [0.15, 0.2) is 76.7 Å². The summed E-state index contributed by atoms with van der Waals surface area (Å²) in [5.41, 5.74) is 1.33. The van der Waals surface area contributed by atoms with E-state index in [2.05, 4.69) is 10.4 Å². The summed E-state index contributed by atoms with van der Waals surface area (Å²) in [6.45, 7) is 0. The lowest BCUT2D eigenvalue weighted by atomic mass is 10.2. The van der Waals surface area contributed by atoms with Gasteiger partial charge in [-0.3, -0.25) is 9.64 Å². The molecule has 1 atom stereocenters. The van der Waals surface area contributed by atoms with E-state index in [0.717, 1.165) is 0 Å². The van der Waals surface area contributed by atoms with Gasteiger partial charge in [-0.25, -0.2) is 4.21 Å². The fourth-order valence-corrected chi connectivity index (χ4v) is 4.37. The number of hydrogen-bond donors (Lipinski definition) is 1. The Balaban J connectivity index is 1.72. The molecule has 2 aromatic carbocycles. The smallest absolute Gasteiger partial charge is 0.252 e. The number of carbonyl (C=O) groups is 1. The van der Waals surface area contributed by atoms with E-state index < -0.39 is 10.8 Å². The van der Waals surface area contributed by atoms with Crippen LogP contribution in [0, 0.1) is 10.4 Å². The van der Waals surface area contributed by atoms with E-state index in [1.807, 2.05) is 0 Å². The molecule has 0 saturated heterocycles. The molecule has 4 aromatic rings. The summed E-state index contributed by atoms with van der Waals surface area (Å²) in [6.07, 6.45) is 4.53. The molecule has 8 nitrogen and oxygen atoms in total. The Labute approximate surface area is 180 Å². The average molecular weight is 433 g/mol. The zero-order valence-electron chi connectivity index (χ0n) is 16.4. The summed E-state index contributed by atoms with van der Waals surface area (Å²) in [7, 11) is -0.173. The minimum absolute atomic E-state index is 0.242. The molecule has 2 heterocycles. The standard InChI is InChI=1S/C22H17N4O4S/c1-23-22(27)18-7-2-3-8-21(18)31(30)16-10-11-17-19(24-26(29)20(17)14-16)12-9-15-6-4-5-13-25(15)28/h2-14H,1H3,(H,23,27)/q-1/b12-9+. The highest BCUT2D eigenvalue weighted by Gasteiger charge is 2.17. The van der Waals surface area contributed by atoms with E-state index in [9.17, 15) is 19.4 Å². The number of carbonyl (C=O) groups excluding carboxylic acids is 1. The van der Waals surface area contributed by atoms with Gasteiger partial charge in [0, 0.05) is 35.5 Å². The maximum absolute atomic E-state index is 13.1. The summed E-state index contributed by atoms with van der Waals surface area (Å²) in [5.74, 6) is -0.345. The second kappa shape index (κ2) is 8.41. The molecule has 0 radical (unpaired) electrons. The fourth-order valence-electron chi connectivity index (χ4n) is 3.14. The molecular formula is C22H17N4O4S-. The molecule has 0 aliphatic heterocycles. The fraction of sp³-hybridized carbons (Fsp3) is 0.0455. The van der Waals surface area contributed by atoms with Gasteiger partial charge < -0.3 is 15.7 Å². The molecule has 0 aliphatic carbocycles. The molecule has 0 aliphatic rings. The highest BCUT2D eigenvalue weighted by Crippen LogP contribution is 2.26. The van der Waals surface area contributed by atoms with Crippen LogP contribution < -0.4 is 10.0 Å². The first-order valence-electron chi connectivity index (χ1n) is 9.29. The van der Waals surface area contributed by atoms with Gasteiger partial charge in [-0.15, -0.1) is 0 Å². The van der Waals surface area contributed by atoms with E-state index in [1.165, 1.54) is 19.3 Å². The zero-order chi connectivity index (χ0) is 22.0. The van der Waals surface area contributed by atoms with Crippen molar-refractivity contribution in [2.75, 3.05) is 7.05 Å². The first kappa shape index (κ1) is 20.3. The molecule has 0 spiro atoms. The maximum atomic E-state index is 13.1. The minimum Gasteiger partial charge on any atom is -0.790 e. The number of pyridine rings is 1. The van der Waals surface area contributed by atoms with E-state index in [0.29, 0.717) is 41.7 Å². The second-order valence-electron chi connectivity index (χ2n) is 6.57. The Hall–Kier alpha value is -3.98. The van der Waals surface area contributed by atoms with Crippen LogP contribution in [0.3, 0.4) is 0 Å². The summed E-state index contributed by atoms with van der Waals surface area (Å²) < 4.78 is 13.9. The first-order chi connectivity index (χ1) is 15.0. The lowest BCUT2D eigenvalue weighted by Gasteiger charge is -2.10. The Morgan fingerprint density at radius 3 is 2.68 bits per heavy atom. The van der Waals surface area contributed by atoms with Crippen molar-refractivity contribution in [1.82, 2.24) is 15.3 Å². The van der Waals surface area contributed by atoms with Gasteiger partial charge in [-0.1, -0.05) is 12.1 Å². The number of amides is 1. The molecule has 9 heteroatoms. The van der Waals surface area contributed by atoms with Crippen LogP contribution in [0.4, 0.5) is 0 Å². The molecule has 4 rings (SSSR count). The molecule has 0 fully saturated rings. The van der Waals surface area contributed by atoms with Gasteiger partial charge in [-0.05, 0) is 42.5 Å². The molecule has 1 unspecified atom stereocenters. The van der Waals surface area contributed by atoms with Gasteiger partial charge in [0.05, 0.1) is 32.5 Å². The van der Waals surface area contributed by atoms with Crippen LogP contribution in [0.5, 0.6) is 0 Å². The number of benzene rings is 2. The van der Waals surface area contributed by atoms with Crippen LogP contribution in [0.25, 0.3) is 23.1 Å². The SMILES string of the molecule is CNC(=O)c1ccccc1S(=O)c1ccc2c(/C=C/c3cccc[n+]3[O-])nn([O-])c2c1. The quantitative estimate of drug-likeness (QED) is 0.384. The molecule has 1 N–H and O–H groups in total. The third kappa shape index (κ3) is 3.90. The Morgan fingerprint density at radius 1 is 1.13 bits per heavy atom. The van der Waals surface area contributed by atoms with Gasteiger partial charge in [0.1, 0.15) is 0 Å². The highest BCUT2D eigenvalue weighted by molar-refractivity contribution is 7.85. The van der Waals surface area contributed by atoms with E-state index in [1.54, 1.807) is 66.7 Å². The average Bonchev–Trinajstić information content (AvgIpc) is 3.12. The van der Waals surface area contributed by atoms with Gasteiger partial charge in [-0.2, -0.15) is 9.83 Å². The van der Waals surface area contributed by atoms with Crippen molar-refractivity contribution in [2.45, 2.75) is 9.79 Å². The Kier molecular flexibility index (Phi) is 5.50. The van der Waals surface area contributed by atoms with Crippen molar-refractivity contribution < 1.29 is 13.7 Å². The first-order valence-corrected chi connectivity index (χ1v) is 10.4. The van der Waals surface area contributed by atoms with Gasteiger partial charge >= 0.3 is 0 Å². The van der Waals surface area contributed by atoms with Crippen molar-refractivity contribution >= 4 is 39.8 Å². The largest absolute Gasteiger partial charge is 0.790 e. The highest BCUT2D eigenvalue weighted by atomic mass is 32.2. The molecule has 0 bridgehead atoms. The number of nitrogens with zero attached hydrogens (tertiary/aromatic N) is 3. The van der Waals surface area contributed by atoms with Gasteiger partial charge in [0.15, 0.2) is 6.20 Å². The van der Waals surface area contributed by atoms with Gasteiger partial charge in [0.2, 0.25) is 5.69 Å². The molecular weight excluding hydrogens is 416 g/mol. The molecule has 31 heavy (non-hydrogen) atoms. The number of hydrogen-bond acceptors (Lipinski definition) is 5. The summed E-state index contributed by atoms with van der Waals surface area (Å²) in [5, 5.41) is 31.2. The predicted molar refractivity (Wildman–Crippen MR) is 117 cm³/mol. The van der Waals surface area contributed by atoms with Crippen molar-refractivity contribution in [2.24, 2.45) is 0 Å². The molecule has 1 amide bonds. The van der Waals surface area contributed by atoms with Gasteiger partial charge in [0.25, 0.3) is 5.91 Å². The molecule has 0 saturated carbocycles. The summed E-state index contributed by atoms with van der Waals surface area (Å²) in [6, 6.07) is 16.4. The molecule has 156 valence electrons. The lowest BCUT2D eigenvalue weighted by molar-refractivity contribution is -0.607. The Morgan fingerprint density at radius 2 is 1.90 bits per heavy atom. The summed E-state index contributed by atoms with van der Waals surface area (Å²) >= 11 is 0. The summed E-state index contributed by atoms with van der Waals surface area (Å²) in [4.78, 5) is 13.3. The van der Waals surface area contributed by atoms with Crippen molar-refractivity contribution in [1.29, 1.82) is 0 Å². The predicted octanol–water partition coefficient (Wildman–Crippen LogP) is 2.71. The monoisotopic (exact) mass is 433 g/mol. The number of aromatic nitrogens is 3. The maximum Gasteiger partial charge on any atom is 0.252 e. The third-order valence-electron chi connectivity index (χ3n) is 4.69. The van der Waals surface area contributed by atoms with E-state index in [-0.39, 0.29) is 11.4 Å². The van der Waals surface area contributed by atoms with E-state index >= 15 is 0 Å². The topological polar surface area (TPSA) is 114 Å². The Bertz CT molecular complexity index is 1350. The number of fused-ring (bicyclic) bond motifs is 1. The molecule has 2 aromatic heterocycles. The number of rotatable bonds is 5. The van der Waals surface area contributed by atoms with Crippen LogP contribution in [0.1, 0.15) is 21.7 Å². The van der Waals surface area contributed by atoms with Crippen molar-refractivity contribution in [3.63, 3.8) is 0 Å². The van der Waals surface area contributed by atoms with Crippen LogP contribution in [-0.2, 0) is 10.8 Å². The lowest BCUT2D eigenvalue weighted by Crippen LogP contribution is -2.28. The van der Waals surface area contributed by atoms with Crippen molar-refractivity contribution in [3.05, 3.63) is 94.2 Å². The van der Waals surface area contributed by atoms with E-state index in [4.69, 9.17) is 0 Å². The van der Waals surface area contributed by atoms with Crippen LogP contribution >= 0.6 is 0 Å². The number of nitrogens with one attached hydrogen (secondary N) is 1. The van der Waals surface area contributed by atoms with Crippen molar-refractivity contribution in [3.8, 4) is 0 Å². The second-order valence-corrected chi connectivity index (χ2v) is 8.01. The zero-order valence-corrected chi connectivity index (χ0v) is 17.2.